The van der Waals surface area contributed by atoms with Crippen LogP contribution in [-0.2, 0) is 4.79 Å². The van der Waals surface area contributed by atoms with Crippen molar-refractivity contribution in [3.63, 3.8) is 0 Å². The number of hydrogen-bond donors (Lipinski definition) is 3. The predicted octanol–water partition coefficient (Wildman–Crippen LogP) is 3.61. The fourth-order valence-electron chi connectivity index (χ4n) is 2.87. The Hall–Kier alpha value is -3.99. The van der Waals surface area contributed by atoms with E-state index in [9.17, 15) is 14.9 Å². The number of rotatable bonds is 7. The van der Waals surface area contributed by atoms with Gasteiger partial charge in [-0.1, -0.05) is 30.0 Å². The molecule has 0 aliphatic heterocycles. The predicted molar refractivity (Wildman–Crippen MR) is 110 cm³/mol. The van der Waals surface area contributed by atoms with E-state index in [0.717, 1.165) is 28.6 Å². The van der Waals surface area contributed by atoms with Crippen LogP contribution in [0.2, 0.25) is 0 Å². The van der Waals surface area contributed by atoms with E-state index < -0.39 is 10.9 Å². The van der Waals surface area contributed by atoms with E-state index in [1.807, 2.05) is 30.3 Å². The van der Waals surface area contributed by atoms with Gasteiger partial charge >= 0.3 is 5.97 Å². The normalized spacial score (nSPS) is 10.8. The molecule has 0 aliphatic rings. The van der Waals surface area contributed by atoms with Crippen LogP contribution in [0.5, 0.6) is 0 Å². The molecule has 0 saturated heterocycles. The van der Waals surface area contributed by atoms with Gasteiger partial charge in [0.1, 0.15) is 0 Å². The highest BCUT2D eigenvalue weighted by atomic mass is 32.2. The molecule has 4 rings (SSSR count). The van der Waals surface area contributed by atoms with Crippen LogP contribution < -0.4 is 0 Å². The smallest absolute Gasteiger partial charge is 0.313 e. The van der Waals surface area contributed by atoms with Crippen molar-refractivity contribution in [3.8, 4) is 33.8 Å². The minimum Gasteiger partial charge on any atom is -0.481 e. The summed E-state index contributed by atoms with van der Waals surface area (Å²) >= 11 is 0.959. The average molecular weight is 422 g/mol. The molecule has 0 radical (unpaired) electrons. The summed E-state index contributed by atoms with van der Waals surface area (Å²) < 4.78 is 0. The first kappa shape index (κ1) is 19.3. The molecule has 30 heavy (non-hydrogen) atoms. The van der Waals surface area contributed by atoms with Gasteiger partial charge in [-0.25, -0.2) is 4.98 Å². The zero-order valence-electron chi connectivity index (χ0n) is 15.3. The lowest BCUT2D eigenvalue weighted by molar-refractivity contribution is -0.384. The number of carboxylic acid groups (broad SMARTS) is 1. The average Bonchev–Trinajstić information content (AvgIpc) is 3.44. The van der Waals surface area contributed by atoms with Crippen LogP contribution in [0.4, 0.5) is 5.69 Å². The van der Waals surface area contributed by atoms with E-state index in [-0.39, 0.29) is 16.6 Å². The van der Waals surface area contributed by atoms with Crippen molar-refractivity contribution in [2.75, 3.05) is 5.75 Å². The third-order valence-electron chi connectivity index (χ3n) is 4.20. The maximum absolute atomic E-state index is 11.5. The van der Waals surface area contributed by atoms with E-state index in [1.54, 1.807) is 12.3 Å². The van der Waals surface area contributed by atoms with E-state index in [4.69, 9.17) is 5.11 Å². The van der Waals surface area contributed by atoms with Gasteiger partial charge in [-0.2, -0.15) is 5.10 Å². The van der Waals surface area contributed by atoms with Crippen molar-refractivity contribution in [1.82, 2.24) is 25.4 Å². The molecule has 0 atom stereocenters. The number of hydrogen-bond acceptors (Lipinski definition) is 7. The molecule has 10 nitrogen and oxygen atoms in total. The highest BCUT2D eigenvalue weighted by molar-refractivity contribution is 7.99. The maximum Gasteiger partial charge on any atom is 0.313 e. The van der Waals surface area contributed by atoms with Crippen molar-refractivity contribution in [1.29, 1.82) is 0 Å². The van der Waals surface area contributed by atoms with E-state index in [1.165, 1.54) is 12.1 Å². The molecule has 0 bridgehead atoms. The largest absolute Gasteiger partial charge is 0.481 e. The number of non-ortho nitro benzene ring substituents is 1. The number of aliphatic carboxylic acids is 1. The summed E-state index contributed by atoms with van der Waals surface area (Å²) in [6, 6.07) is 14.0. The van der Waals surface area contributed by atoms with Gasteiger partial charge in [-0.05, 0) is 29.3 Å². The monoisotopic (exact) mass is 422 g/mol. The van der Waals surface area contributed by atoms with Gasteiger partial charge in [0.05, 0.1) is 16.4 Å². The quantitative estimate of drug-likeness (QED) is 0.232. The summed E-state index contributed by atoms with van der Waals surface area (Å²) in [5, 5.41) is 34.0. The maximum atomic E-state index is 11.5. The number of thioether (sulfide) groups is 1. The molecule has 150 valence electrons. The summed E-state index contributed by atoms with van der Waals surface area (Å²) in [5.74, 6) is -0.851. The lowest BCUT2D eigenvalue weighted by atomic mass is 9.99. The molecule has 2 aromatic heterocycles. The second-order valence-electron chi connectivity index (χ2n) is 6.23. The number of nitro groups is 1. The first-order chi connectivity index (χ1) is 14.5. The Morgan fingerprint density at radius 3 is 2.57 bits per heavy atom. The summed E-state index contributed by atoms with van der Waals surface area (Å²) in [5.41, 5.74) is 3.53. The first-order valence-electron chi connectivity index (χ1n) is 8.66. The van der Waals surface area contributed by atoms with Crippen LogP contribution >= 0.6 is 11.8 Å². The fraction of sp³-hybridized carbons (Fsp3) is 0.0526. The standard InChI is InChI=1S/C19H14N6O4S/c26-17(27)10-30-19-21-18(23-24-19)14-7-13(8-15(9-14)25(28)29)11-2-1-3-12(6-11)16-4-5-20-22-16/h1-9H,10H2,(H,20,22)(H,26,27)(H,21,23,24). The molecule has 3 N–H and O–H groups in total. The number of carboxylic acids is 1. The van der Waals surface area contributed by atoms with E-state index in [2.05, 4.69) is 25.4 Å². The Bertz CT molecular complexity index is 1220. The molecule has 0 unspecified atom stereocenters. The minimum atomic E-state index is -0.985. The molecule has 2 heterocycles. The Morgan fingerprint density at radius 2 is 1.83 bits per heavy atom. The van der Waals surface area contributed by atoms with Gasteiger partial charge in [0.15, 0.2) is 5.82 Å². The molecule has 0 fully saturated rings. The van der Waals surface area contributed by atoms with Crippen LogP contribution in [0, 0.1) is 10.1 Å². The van der Waals surface area contributed by atoms with E-state index >= 15 is 0 Å². The lowest BCUT2D eigenvalue weighted by Gasteiger charge is -2.07. The van der Waals surface area contributed by atoms with Crippen molar-refractivity contribution >= 4 is 23.4 Å². The van der Waals surface area contributed by atoms with Gasteiger partial charge in [0.25, 0.3) is 5.69 Å². The molecule has 2 aromatic carbocycles. The molecule has 11 heteroatoms. The van der Waals surface area contributed by atoms with Crippen molar-refractivity contribution < 1.29 is 14.8 Å². The number of carbonyl (C=O) groups is 1. The first-order valence-corrected chi connectivity index (χ1v) is 9.65. The minimum absolute atomic E-state index is 0.0921. The summed E-state index contributed by atoms with van der Waals surface area (Å²) in [6.07, 6.45) is 1.65. The van der Waals surface area contributed by atoms with Gasteiger partial charge < -0.3 is 5.11 Å². The number of nitro benzene ring substituents is 1. The molecule has 0 spiro atoms. The zero-order valence-corrected chi connectivity index (χ0v) is 16.1. The van der Waals surface area contributed by atoms with Crippen LogP contribution in [0.25, 0.3) is 33.8 Å². The van der Waals surface area contributed by atoms with Crippen molar-refractivity contribution in [2.45, 2.75) is 5.16 Å². The molecular formula is C19H14N6O4S. The third kappa shape index (κ3) is 4.20. The van der Waals surface area contributed by atoms with Gasteiger partial charge in [-0.15, -0.1) is 5.10 Å². The molecule has 4 aromatic rings. The fourth-order valence-corrected chi connectivity index (χ4v) is 3.39. The van der Waals surface area contributed by atoms with Crippen LogP contribution in [0.1, 0.15) is 0 Å². The number of benzene rings is 2. The summed E-state index contributed by atoms with van der Waals surface area (Å²) in [7, 11) is 0. The van der Waals surface area contributed by atoms with Gasteiger partial charge in [-0.3, -0.25) is 25.1 Å². The van der Waals surface area contributed by atoms with Crippen LogP contribution in [-0.4, -0.2) is 47.1 Å². The SMILES string of the molecule is O=C(O)CSc1n[nH]c(-c2cc(-c3cccc(-c4ccn[nH]4)c3)cc([N+](=O)[O-])c2)n1. The summed E-state index contributed by atoms with van der Waals surface area (Å²) in [4.78, 5) is 26.0. The molecular weight excluding hydrogens is 408 g/mol. The third-order valence-corrected chi connectivity index (χ3v) is 5.03. The van der Waals surface area contributed by atoms with Crippen LogP contribution in [0.15, 0.2) is 59.9 Å². The van der Waals surface area contributed by atoms with Crippen LogP contribution in [0.3, 0.4) is 0 Å². The molecule has 0 saturated carbocycles. The van der Waals surface area contributed by atoms with E-state index in [0.29, 0.717) is 17.0 Å². The Balaban J connectivity index is 1.73. The topological polar surface area (TPSA) is 151 Å². The highest BCUT2D eigenvalue weighted by Crippen LogP contribution is 2.32. The second kappa shape index (κ2) is 8.17. The number of aromatic nitrogens is 5. The lowest BCUT2D eigenvalue weighted by Crippen LogP contribution is -1.97. The van der Waals surface area contributed by atoms with Crippen molar-refractivity contribution in [2.24, 2.45) is 0 Å². The van der Waals surface area contributed by atoms with Gasteiger partial charge in [0.2, 0.25) is 5.16 Å². The number of H-pyrrole nitrogens is 2. The summed E-state index contributed by atoms with van der Waals surface area (Å²) in [6.45, 7) is 0. The number of aromatic amines is 2. The Morgan fingerprint density at radius 1 is 1.07 bits per heavy atom. The molecule has 0 amide bonds. The van der Waals surface area contributed by atoms with Gasteiger partial charge in [0, 0.05) is 29.5 Å². The molecule has 0 aliphatic carbocycles. The number of nitrogens with zero attached hydrogens (tertiary/aromatic N) is 4. The Kier molecular flexibility index (Phi) is 5.26. The Labute approximate surface area is 173 Å². The zero-order chi connectivity index (χ0) is 21.1. The number of nitrogens with one attached hydrogen (secondary N) is 2. The second-order valence-corrected chi connectivity index (χ2v) is 7.17. The highest BCUT2D eigenvalue weighted by Gasteiger charge is 2.16. The van der Waals surface area contributed by atoms with Crippen molar-refractivity contribution in [3.05, 3.63) is 64.8 Å².